The number of nitrogens with one attached hydrogen (secondary N) is 1. The number of aromatic nitrogens is 1. The summed E-state index contributed by atoms with van der Waals surface area (Å²) in [5.41, 5.74) is 0.823. The number of fused-ring (bicyclic) bond motifs is 1. The first kappa shape index (κ1) is 17.1. The van der Waals surface area contributed by atoms with Crippen LogP contribution >= 0.6 is 0 Å². The van der Waals surface area contributed by atoms with Crippen LogP contribution in [0, 0.1) is 11.6 Å². The molecular formula is C19H18F2N2O2. The number of rotatable bonds is 5. The van der Waals surface area contributed by atoms with E-state index in [1.54, 1.807) is 23.6 Å². The number of aliphatic hydroxyl groups excluding tert-OH is 1. The molecule has 3 rings (SSSR count). The second-order valence-electron chi connectivity index (χ2n) is 5.83. The highest BCUT2D eigenvalue weighted by Crippen LogP contribution is 2.25. The summed E-state index contributed by atoms with van der Waals surface area (Å²) in [5.74, 6) is -2.09. The number of benzene rings is 1. The maximum Gasteiger partial charge on any atom is 0.253 e. The molecule has 0 saturated heterocycles. The lowest BCUT2D eigenvalue weighted by Crippen LogP contribution is -2.39. The third-order valence-corrected chi connectivity index (χ3v) is 4.20. The van der Waals surface area contributed by atoms with Crippen LogP contribution in [-0.4, -0.2) is 21.5 Å². The summed E-state index contributed by atoms with van der Waals surface area (Å²) in [7, 11) is 0. The van der Waals surface area contributed by atoms with Crippen molar-refractivity contribution in [3.05, 3.63) is 77.6 Å². The first-order valence-corrected chi connectivity index (χ1v) is 8.01. The first-order chi connectivity index (χ1) is 12.0. The second-order valence-corrected chi connectivity index (χ2v) is 5.83. The number of pyridine rings is 1. The molecule has 130 valence electrons. The molecule has 0 aliphatic rings. The lowest BCUT2D eigenvalue weighted by atomic mass is 9.99. The van der Waals surface area contributed by atoms with Crippen molar-refractivity contribution >= 4 is 11.4 Å². The van der Waals surface area contributed by atoms with Gasteiger partial charge in [0.2, 0.25) is 0 Å². The Bertz CT molecular complexity index is 854. The molecule has 2 heterocycles. The predicted octanol–water partition coefficient (Wildman–Crippen LogP) is 3.46. The summed E-state index contributed by atoms with van der Waals surface area (Å²) in [6, 6.07) is 9.84. The van der Waals surface area contributed by atoms with Crippen LogP contribution in [-0.2, 0) is 0 Å². The van der Waals surface area contributed by atoms with E-state index < -0.39 is 35.3 Å². The van der Waals surface area contributed by atoms with Gasteiger partial charge < -0.3 is 14.8 Å². The van der Waals surface area contributed by atoms with Crippen molar-refractivity contribution in [1.29, 1.82) is 0 Å². The fourth-order valence-electron chi connectivity index (χ4n) is 2.83. The topological polar surface area (TPSA) is 53.7 Å². The Morgan fingerprint density at radius 3 is 2.56 bits per heavy atom. The zero-order valence-corrected chi connectivity index (χ0v) is 13.6. The van der Waals surface area contributed by atoms with E-state index in [9.17, 15) is 18.7 Å². The highest BCUT2D eigenvalue weighted by molar-refractivity contribution is 5.95. The average Bonchev–Trinajstić information content (AvgIpc) is 3.03. The Kier molecular flexibility index (Phi) is 4.81. The fraction of sp³-hybridized carbons (Fsp3) is 0.211. The van der Waals surface area contributed by atoms with Crippen molar-refractivity contribution < 1.29 is 18.7 Å². The number of halogens is 2. The van der Waals surface area contributed by atoms with Crippen LogP contribution in [0.4, 0.5) is 8.78 Å². The van der Waals surface area contributed by atoms with E-state index >= 15 is 0 Å². The third-order valence-electron chi connectivity index (χ3n) is 4.20. The zero-order chi connectivity index (χ0) is 18.0. The quantitative estimate of drug-likeness (QED) is 0.745. The molecule has 2 N–H and O–H groups in total. The van der Waals surface area contributed by atoms with Gasteiger partial charge in [0.15, 0.2) is 0 Å². The van der Waals surface area contributed by atoms with Crippen molar-refractivity contribution in [1.82, 2.24) is 9.72 Å². The van der Waals surface area contributed by atoms with Gasteiger partial charge in [-0.2, -0.15) is 0 Å². The summed E-state index contributed by atoms with van der Waals surface area (Å²) in [4.78, 5) is 12.5. The van der Waals surface area contributed by atoms with E-state index in [1.807, 2.05) is 24.4 Å². The van der Waals surface area contributed by atoms with Crippen LogP contribution in [0.3, 0.4) is 0 Å². The van der Waals surface area contributed by atoms with E-state index in [-0.39, 0.29) is 0 Å². The van der Waals surface area contributed by atoms with Gasteiger partial charge in [0.25, 0.3) is 5.91 Å². The van der Waals surface area contributed by atoms with Crippen molar-refractivity contribution in [2.24, 2.45) is 0 Å². The van der Waals surface area contributed by atoms with E-state index in [0.29, 0.717) is 12.0 Å². The number of hydrogen-bond acceptors (Lipinski definition) is 2. The van der Waals surface area contributed by atoms with Gasteiger partial charge in [-0.15, -0.1) is 0 Å². The molecule has 6 heteroatoms. The van der Waals surface area contributed by atoms with Crippen molar-refractivity contribution in [2.75, 3.05) is 0 Å². The van der Waals surface area contributed by atoms with Gasteiger partial charge >= 0.3 is 0 Å². The van der Waals surface area contributed by atoms with Gasteiger partial charge in [-0.25, -0.2) is 8.78 Å². The molecule has 1 aromatic carbocycles. The number of nitrogens with zero attached hydrogens (tertiary/aromatic N) is 1. The SMILES string of the molecule is CCC(NC(=O)c1cc2ccccn2c1)C(O)c1c(F)cccc1F. The maximum atomic E-state index is 13.9. The summed E-state index contributed by atoms with van der Waals surface area (Å²) in [6.07, 6.45) is 2.31. The molecule has 0 aliphatic heterocycles. The van der Waals surface area contributed by atoms with Gasteiger partial charge in [0.05, 0.1) is 17.2 Å². The van der Waals surface area contributed by atoms with Gasteiger partial charge in [0.1, 0.15) is 17.7 Å². The monoisotopic (exact) mass is 344 g/mol. The molecule has 25 heavy (non-hydrogen) atoms. The minimum atomic E-state index is -1.48. The van der Waals surface area contributed by atoms with Crippen molar-refractivity contribution in [2.45, 2.75) is 25.5 Å². The van der Waals surface area contributed by atoms with Gasteiger partial charge in [0, 0.05) is 17.9 Å². The Hall–Kier alpha value is -2.73. The highest BCUT2D eigenvalue weighted by atomic mass is 19.1. The largest absolute Gasteiger partial charge is 0.386 e. The van der Waals surface area contributed by atoms with Crippen LogP contribution in [0.1, 0.15) is 35.4 Å². The molecule has 2 unspecified atom stereocenters. The Balaban J connectivity index is 1.82. The average molecular weight is 344 g/mol. The lowest BCUT2D eigenvalue weighted by molar-refractivity contribution is 0.0811. The molecule has 0 radical (unpaired) electrons. The summed E-state index contributed by atoms with van der Waals surface area (Å²) >= 11 is 0. The predicted molar refractivity (Wildman–Crippen MR) is 90.3 cm³/mol. The van der Waals surface area contributed by atoms with E-state index in [4.69, 9.17) is 0 Å². The van der Waals surface area contributed by atoms with Crippen LogP contribution in [0.15, 0.2) is 54.9 Å². The number of amides is 1. The Morgan fingerprint density at radius 2 is 1.92 bits per heavy atom. The fourth-order valence-corrected chi connectivity index (χ4v) is 2.83. The van der Waals surface area contributed by atoms with E-state index in [2.05, 4.69) is 5.32 Å². The normalized spacial score (nSPS) is 13.6. The molecule has 0 bridgehead atoms. The Labute approximate surface area is 143 Å². The summed E-state index contributed by atoms with van der Waals surface area (Å²) < 4.78 is 29.6. The van der Waals surface area contributed by atoms with Crippen LogP contribution in [0.25, 0.3) is 5.52 Å². The number of aliphatic hydroxyl groups is 1. The minimum Gasteiger partial charge on any atom is -0.386 e. The van der Waals surface area contributed by atoms with Crippen LogP contribution < -0.4 is 5.32 Å². The molecule has 2 atom stereocenters. The first-order valence-electron chi connectivity index (χ1n) is 8.01. The Morgan fingerprint density at radius 1 is 1.20 bits per heavy atom. The number of carbonyl (C=O) groups excluding carboxylic acids is 1. The molecular weight excluding hydrogens is 326 g/mol. The highest BCUT2D eigenvalue weighted by Gasteiger charge is 2.27. The molecule has 1 amide bonds. The van der Waals surface area contributed by atoms with Crippen molar-refractivity contribution in [3.63, 3.8) is 0 Å². The minimum absolute atomic E-state index is 0.314. The van der Waals surface area contributed by atoms with E-state index in [1.165, 1.54) is 6.07 Å². The third kappa shape index (κ3) is 3.39. The summed E-state index contributed by atoms with van der Waals surface area (Å²) in [5, 5.41) is 13.0. The van der Waals surface area contributed by atoms with Gasteiger partial charge in [-0.3, -0.25) is 4.79 Å². The van der Waals surface area contributed by atoms with Crippen LogP contribution in [0.2, 0.25) is 0 Å². The summed E-state index contributed by atoms with van der Waals surface area (Å²) in [6.45, 7) is 1.73. The standard InChI is InChI=1S/C19H18F2N2O2/c1-2-16(18(24)17-14(20)7-5-8-15(17)21)22-19(25)12-10-13-6-3-4-9-23(13)11-12/h3-11,16,18,24H,2H2,1H3,(H,22,25). The van der Waals surface area contributed by atoms with Gasteiger partial charge in [-0.1, -0.05) is 19.1 Å². The molecule has 2 aromatic heterocycles. The smallest absolute Gasteiger partial charge is 0.253 e. The lowest BCUT2D eigenvalue weighted by Gasteiger charge is -2.23. The second kappa shape index (κ2) is 7.03. The zero-order valence-electron chi connectivity index (χ0n) is 13.6. The number of hydrogen-bond donors (Lipinski definition) is 2. The molecule has 0 fully saturated rings. The van der Waals surface area contributed by atoms with Crippen molar-refractivity contribution in [3.8, 4) is 0 Å². The van der Waals surface area contributed by atoms with Gasteiger partial charge in [-0.05, 0) is 36.8 Å². The number of carbonyl (C=O) groups is 1. The molecule has 3 aromatic rings. The molecule has 0 aliphatic carbocycles. The molecule has 0 saturated carbocycles. The van der Waals surface area contributed by atoms with E-state index in [0.717, 1.165) is 17.6 Å². The van der Waals surface area contributed by atoms with Crippen LogP contribution in [0.5, 0.6) is 0 Å². The molecule has 0 spiro atoms. The maximum absolute atomic E-state index is 13.9. The molecule has 4 nitrogen and oxygen atoms in total.